The van der Waals surface area contributed by atoms with Crippen molar-refractivity contribution < 1.29 is 4.79 Å². The molecule has 0 unspecified atom stereocenters. The molecule has 0 saturated carbocycles. The molecule has 0 atom stereocenters. The lowest BCUT2D eigenvalue weighted by molar-refractivity contribution is -0.116. The molecule has 2 rings (SSSR count). The fourth-order valence-corrected chi connectivity index (χ4v) is 1.38. The van der Waals surface area contributed by atoms with Gasteiger partial charge in [0.25, 0.3) is 5.91 Å². The highest BCUT2D eigenvalue weighted by Crippen LogP contribution is 2.18. The molecule has 1 aliphatic rings. The summed E-state index contributed by atoms with van der Waals surface area (Å²) < 4.78 is 0. The van der Waals surface area contributed by atoms with Crippen LogP contribution in [0.2, 0.25) is 5.15 Å². The Balaban J connectivity index is 2.28. The number of halogens is 1. The topological polar surface area (TPSA) is 58.5 Å². The lowest BCUT2D eigenvalue weighted by Crippen LogP contribution is -2.20. The van der Waals surface area contributed by atoms with Crippen LogP contribution in [0.25, 0.3) is 0 Å². The van der Waals surface area contributed by atoms with Gasteiger partial charge in [-0.1, -0.05) is 18.5 Å². The van der Waals surface area contributed by atoms with E-state index in [0.29, 0.717) is 17.4 Å². The molecule has 0 spiro atoms. The molecule has 0 aromatic carbocycles. The Morgan fingerprint density at radius 2 is 2.27 bits per heavy atom. The summed E-state index contributed by atoms with van der Waals surface area (Å²) >= 11 is 5.60. The number of rotatable bonds is 2. The maximum atomic E-state index is 11.5. The normalized spacial score (nSPS) is 15.7. The molecule has 0 radical (unpaired) electrons. The number of carbonyl (C=O) groups excluding carboxylic acids is 1. The van der Waals surface area contributed by atoms with E-state index in [-0.39, 0.29) is 5.91 Å². The van der Waals surface area contributed by atoms with Crippen LogP contribution in [0.15, 0.2) is 17.2 Å². The number of aromatic nitrogens is 2. The van der Waals surface area contributed by atoms with Crippen molar-refractivity contribution in [3.63, 3.8) is 0 Å². The molecule has 78 valence electrons. The monoisotopic (exact) mass is 224 g/mol. The van der Waals surface area contributed by atoms with Gasteiger partial charge in [0.15, 0.2) is 11.0 Å². The van der Waals surface area contributed by atoms with Crippen LogP contribution in [0.3, 0.4) is 0 Å². The fourth-order valence-electron chi connectivity index (χ4n) is 1.28. The molecule has 1 aromatic heterocycles. The summed E-state index contributed by atoms with van der Waals surface area (Å²) in [6.45, 7) is 1.96. The minimum Gasteiger partial charge on any atom is -0.272 e. The van der Waals surface area contributed by atoms with Crippen molar-refractivity contribution in [1.82, 2.24) is 10.2 Å². The maximum Gasteiger partial charge on any atom is 0.254 e. The van der Waals surface area contributed by atoms with Crippen LogP contribution in [0.1, 0.15) is 19.8 Å². The highest BCUT2D eigenvalue weighted by Gasteiger charge is 2.25. The second kappa shape index (κ2) is 3.94. The van der Waals surface area contributed by atoms with Gasteiger partial charge >= 0.3 is 0 Å². The lowest BCUT2D eigenvalue weighted by Gasteiger charge is -2.08. The van der Waals surface area contributed by atoms with E-state index in [0.717, 1.165) is 12.1 Å². The van der Waals surface area contributed by atoms with Crippen molar-refractivity contribution in [1.29, 1.82) is 0 Å². The Morgan fingerprint density at radius 3 is 2.80 bits per heavy atom. The minimum atomic E-state index is -0.0801. The molecule has 1 amide bonds. The van der Waals surface area contributed by atoms with E-state index < -0.39 is 0 Å². The summed E-state index contributed by atoms with van der Waals surface area (Å²) in [5, 5.41) is 13.2. The molecule has 0 aliphatic carbocycles. The van der Waals surface area contributed by atoms with Gasteiger partial charge < -0.3 is 0 Å². The van der Waals surface area contributed by atoms with E-state index in [1.54, 1.807) is 12.1 Å². The van der Waals surface area contributed by atoms with Gasteiger partial charge in [0.2, 0.25) is 0 Å². The zero-order valence-electron chi connectivity index (χ0n) is 8.14. The number of hydrogen-bond donors (Lipinski definition) is 0. The van der Waals surface area contributed by atoms with Gasteiger partial charge in [0.1, 0.15) is 0 Å². The molecule has 0 N–H and O–H groups in total. The quantitative estimate of drug-likeness (QED) is 0.767. The van der Waals surface area contributed by atoms with Crippen molar-refractivity contribution in [2.75, 3.05) is 5.01 Å². The summed E-state index contributed by atoms with van der Waals surface area (Å²) in [5.41, 5.74) is 0.858. The van der Waals surface area contributed by atoms with E-state index in [9.17, 15) is 4.79 Å². The van der Waals surface area contributed by atoms with Crippen LogP contribution in [-0.2, 0) is 4.79 Å². The van der Waals surface area contributed by atoms with Crippen molar-refractivity contribution in [3.8, 4) is 0 Å². The summed E-state index contributed by atoms with van der Waals surface area (Å²) in [4.78, 5) is 11.5. The van der Waals surface area contributed by atoms with Gasteiger partial charge in [-0.15, -0.1) is 10.2 Å². The molecule has 0 bridgehead atoms. The van der Waals surface area contributed by atoms with Gasteiger partial charge in [-0.3, -0.25) is 4.79 Å². The van der Waals surface area contributed by atoms with E-state index in [4.69, 9.17) is 11.6 Å². The van der Waals surface area contributed by atoms with Crippen molar-refractivity contribution >= 4 is 29.0 Å². The number of nitrogens with zero attached hydrogens (tertiary/aromatic N) is 4. The fraction of sp³-hybridized carbons (Fsp3) is 0.333. The number of hydrazone groups is 1. The Hall–Kier alpha value is -1.49. The molecular formula is C9H9ClN4O. The number of carbonyl (C=O) groups is 1. The third kappa shape index (κ3) is 1.97. The Morgan fingerprint density at radius 1 is 1.47 bits per heavy atom. The van der Waals surface area contributed by atoms with Gasteiger partial charge in [0.05, 0.1) is 6.42 Å². The van der Waals surface area contributed by atoms with Crippen LogP contribution in [0.5, 0.6) is 0 Å². The molecular weight excluding hydrogens is 216 g/mol. The van der Waals surface area contributed by atoms with Crippen LogP contribution in [-0.4, -0.2) is 21.8 Å². The minimum absolute atomic E-state index is 0.0801. The maximum absolute atomic E-state index is 11.5. The molecule has 1 aromatic rings. The molecule has 15 heavy (non-hydrogen) atoms. The predicted molar refractivity (Wildman–Crippen MR) is 56.9 cm³/mol. The predicted octanol–water partition coefficient (Wildman–Crippen LogP) is 1.63. The summed E-state index contributed by atoms with van der Waals surface area (Å²) in [5.74, 6) is 0.330. The third-order valence-electron chi connectivity index (χ3n) is 2.08. The van der Waals surface area contributed by atoms with E-state index in [1.807, 2.05) is 6.92 Å². The smallest absolute Gasteiger partial charge is 0.254 e. The first-order valence-electron chi connectivity index (χ1n) is 4.59. The van der Waals surface area contributed by atoms with Crippen LogP contribution >= 0.6 is 11.6 Å². The first-order valence-corrected chi connectivity index (χ1v) is 4.97. The standard InChI is InChI=1S/C9H9ClN4O/c1-2-6-5-9(15)14(13-6)8-4-3-7(10)11-12-8/h3-4H,2,5H2,1H3. The molecule has 1 aliphatic heterocycles. The van der Waals surface area contributed by atoms with Crippen LogP contribution < -0.4 is 5.01 Å². The molecule has 5 nitrogen and oxygen atoms in total. The highest BCUT2D eigenvalue weighted by molar-refractivity contribution is 6.29. The average molecular weight is 225 g/mol. The van der Waals surface area contributed by atoms with E-state index in [1.165, 1.54) is 5.01 Å². The molecule has 0 fully saturated rings. The Labute approximate surface area is 91.7 Å². The second-order valence-corrected chi connectivity index (χ2v) is 3.50. The first kappa shape index (κ1) is 10.0. The van der Waals surface area contributed by atoms with E-state index >= 15 is 0 Å². The first-order chi connectivity index (χ1) is 7.20. The molecule has 2 heterocycles. The Bertz CT molecular complexity index is 415. The number of hydrogen-bond acceptors (Lipinski definition) is 4. The summed E-state index contributed by atoms with van der Waals surface area (Å²) in [7, 11) is 0. The van der Waals surface area contributed by atoms with Gasteiger partial charge in [-0.25, -0.2) is 0 Å². The van der Waals surface area contributed by atoms with Gasteiger partial charge in [0, 0.05) is 5.71 Å². The zero-order chi connectivity index (χ0) is 10.8. The van der Waals surface area contributed by atoms with Crippen LogP contribution in [0, 0.1) is 0 Å². The third-order valence-corrected chi connectivity index (χ3v) is 2.28. The Kier molecular flexibility index (Phi) is 2.64. The largest absolute Gasteiger partial charge is 0.272 e. The van der Waals surface area contributed by atoms with E-state index in [2.05, 4.69) is 15.3 Å². The average Bonchev–Trinajstić information content (AvgIpc) is 2.61. The lowest BCUT2D eigenvalue weighted by atomic mass is 10.2. The SMILES string of the molecule is CCC1=NN(c2ccc(Cl)nn2)C(=O)C1. The molecule has 6 heteroatoms. The van der Waals surface area contributed by atoms with Crippen LogP contribution in [0.4, 0.5) is 5.82 Å². The second-order valence-electron chi connectivity index (χ2n) is 3.12. The zero-order valence-corrected chi connectivity index (χ0v) is 8.90. The number of amides is 1. The summed E-state index contributed by atoms with van der Waals surface area (Å²) in [6, 6.07) is 3.20. The van der Waals surface area contributed by atoms with Crippen molar-refractivity contribution in [3.05, 3.63) is 17.3 Å². The highest BCUT2D eigenvalue weighted by atomic mass is 35.5. The molecule has 0 saturated heterocycles. The van der Waals surface area contributed by atoms with Crippen molar-refractivity contribution in [2.24, 2.45) is 5.10 Å². The van der Waals surface area contributed by atoms with Gasteiger partial charge in [-0.2, -0.15) is 10.1 Å². The summed E-state index contributed by atoms with van der Waals surface area (Å²) in [6.07, 6.45) is 1.13. The number of anilines is 1. The van der Waals surface area contributed by atoms with Crippen molar-refractivity contribution in [2.45, 2.75) is 19.8 Å². The van der Waals surface area contributed by atoms with Gasteiger partial charge in [-0.05, 0) is 18.6 Å².